The van der Waals surface area contributed by atoms with E-state index in [0.717, 1.165) is 51.1 Å². The molecule has 0 aliphatic rings. The van der Waals surface area contributed by atoms with Gasteiger partial charge in [0.05, 0.1) is 13.3 Å². The minimum Gasteiger partial charge on any atom is -0.343 e. The molecule has 108 valence electrons. The smallest absolute Gasteiger partial charge is 0.229 e. The molecule has 1 amide bonds. The highest BCUT2D eigenvalue weighted by molar-refractivity contribution is 7.64. The second kappa shape index (κ2) is 9.61. The van der Waals surface area contributed by atoms with E-state index in [1.165, 1.54) is 0 Å². The molecule has 3 nitrogen and oxygen atoms in total. The molecule has 0 aliphatic heterocycles. The largest absolute Gasteiger partial charge is 0.343 e. The topological polar surface area (TPSA) is 37.4 Å². The van der Waals surface area contributed by atoms with Gasteiger partial charge in [0.1, 0.15) is 0 Å². The van der Waals surface area contributed by atoms with Gasteiger partial charge in [-0.3, -0.25) is 4.79 Å². The van der Waals surface area contributed by atoms with E-state index in [-0.39, 0.29) is 12.1 Å². The van der Waals surface area contributed by atoms with Gasteiger partial charge in [-0.25, -0.2) is 0 Å². The highest BCUT2D eigenvalue weighted by atomic mass is 31.2. The fraction of sp³-hybridized carbons (Fsp3) is 0.929. The molecule has 0 heterocycles. The Labute approximate surface area is 113 Å². The molecule has 0 bridgehead atoms. The van der Waals surface area contributed by atoms with Gasteiger partial charge in [0.25, 0.3) is 0 Å². The number of amides is 1. The van der Waals surface area contributed by atoms with Gasteiger partial charge in [-0.2, -0.15) is 0 Å². The number of hydrogen-bond acceptors (Lipinski definition) is 2. The zero-order chi connectivity index (χ0) is 14.0. The SMILES string of the molecule is CCCCP(=O)(CCCC)CC(=O)N(CC)CC. The van der Waals surface area contributed by atoms with Crippen LogP contribution in [-0.2, 0) is 9.36 Å². The van der Waals surface area contributed by atoms with Crippen molar-refractivity contribution >= 4 is 13.0 Å². The molecule has 18 heavy (non-hydrogen) atoms. The minimum atomic E-state index is -2.28. The first kappa shape index (κ1) is 17.7. The van der Waals surface area contributed by atoms with E-state index in [1.54, 1.807) is 4.90 Å². The number of unbranched alkanes of at least 4 members (excludes halogenated alkanes) is 2. The van der Waals surface area contributed by atoms with E-state index >= 15 is 0 Å². The first-order chi connectivity index (χ1) is 8.52. The van der Waals surface area contributed by atoms with Crippen LogP contribution in [0.1, 0.15) is 53.4 Å². The van der Waals surface area contributed by atoms with Crippen molar-refractivity contribution in [2.24, 2.45) is 0 Å². The van der Waals surface area contributed by atoms with Crippen LogP contribution in [0, 0.1) is 0 Å². The van der Waals surface area contributed by atoms with Gasteiger partial charge in [-0.15, -0.1) is 0 Å². The Bertz CT molecular complexity index is 263. The monoisotopic (exact) mass is 275 g/mol. The van der Waals surface area contributed by atoms with Crippen LogP contribution in [0.2, 0.25) is 0 Å². The van der Waals surface area contributed by atoms with Crippen molar-refractivity contribution in [1.82, 2.24) is 4.90 Å². The number of nitrogens with zero attached hydrogens (tertiary/aromatic N) is 1. The van der Waals surface area contributed by atoms with Crippen molar-refractivity contribution in [2.75, 3.05) is 31.6 Å². The number of hydrogen-bond donors (Lipinski definition) is 0. The van der Waals surface area contributed by atoms with E-state index in [2.05, 4.69) is 13.8 Å². The molecular formula is C14H30NO2P. The van der Waals surface area contributed by atoms with E-state index in [1.807, 2.05) is 13.8 Å². The van der Waals surface area contributed by atoms with Crippen molar-refractivity contribution in [2.45, 2.75) is 53.4 Å². The summed E-state index contributed by atoms with van der Waals surface area (Å²) in [6.07, 6.45) is 5.84. The van der Waals surface area contributed by atoms with Crippen LogP contribution in [0.25, 0.3) is 0 Å². The molecule has 0 fully saturated rings. The lowest BCUT2D eigenvalue weighted by Crippen LogP contribution is -2.33. The first-order valence-corrected chi connectivity index (χ1v) is 9.64. The van der Waals surface area contributed by atoms with Crippen LogP contribution in [-0.4, -0.2) is 42.4 Å². The lowest BCUT2D eigenvalue weighted by atomic mass is 10.4. The molecule has 0 atom stereocenters. The summed E-state index contributed by atoms with van der Waals surface area (Å²) in [5.41, 5.74) is 0. The van der Waals surface area contributed by atoms with E-state index < -0.39 is 7.14 Å². The molecule has 0 saturated carbocycles. The van der Waals surface area contributed by atoms with Crippen LogP contribution < -0.4 is 0 Å². The van der Waals surface area contributed by atoms with Crippen molar-refractivity contribution in [3.63, 3.8) is 0 Å². The molecule has 0 aromatic heterocycles. The Morgan fingerprint density at radius 3 is 1.72 bits per heavy atom. The summed E-state index contributed by atoms with van der Waals surface area (Å²) in [5, 5.41) is 0. The quantitative estimate of drug-likeness (QED) is 0.568. The second-order valence-corrected chi connectivity index (χ2v) is 8.26. The number of carbonyl (C=O) groups is 1. The maximum absolute atomic E-state index is 12.8. The maximum Gasteiger partial charge on any atom is 0.229 e. The molecule has 0 radical (unpaired) electrons. The number of carbonyl (C=O) groups excluding carboxylic acids is 1. The average Bonchev–Trinajstić information content (AvgIpc) is 2.35. The standard InChI is InChI=1S/C14H30NO2P/c1-5-9-11-18(17,12-10-6-2)13-14(16)15(7-3)8-4/h5-13H2,1-4H3. The maximum atomic E-state index is 12.8. The van der Waals surface area contributed by atoms with E-state index in [9.17, 15) is 9.36 Å². The van der Waals surface area contributed by atoms with Crippen LogP contribution in [0.3, 0.4) is 0 Å². The van der Waals surface area contributed by atoms with Gasteiger partial charge < -0.3 is 9.46 Å². The van der Waals surface area contributed by atoms with Gasteiger partial charge >= 0.3 is 0 Å². The first-order valence-electron chi connectivity index (χ1n) is 7.37. The van der Waals surface area contributed by atoms with Crippen LogP contribution in [0.5, 0.6) is 0 Å². The fourth-order valence-corrected chi connectivity index (χ4v) is 5.10. The van der Waals surface area contributed by atoms with Gasteiger partial charge in [0, 0.05) is 25.4 Å². The summed E-state index contributed by atoms with van der Waals surface area (Å²) in [6.45, 7) is 9.61. The second-order valence-electron chi connectivity index (χ2n) is 4.94. The minimum absolute atomic E-state index is 0.0792. The van der Waals surface area contributed by atoms with Crippen LogP contribution in [0.4, 0.5) is 0 Å². The van der Waals surface area contributed by atoms with Gasteiger partial charge in [0.15, 0.2) is 0 Å². The Kier molecular flexibility index (Phi) is 9.45. The molecule has 4 heteroatoms. The lowest BCUT2D eigenvalue weighted by molar-refractivity contribution is -0.128. The van der Waals surface area contributed by atoms with Gasteiger partial charge in [-0.1, -0.05) is 26.7 Å². The van der Waals surface area contributed by atoms with Crippen molar-refractivity contribution in [3.05, 3.63) is 0 Å². The van der Waals surface area contributed by atoms with E-state index in [0.29, 0.717) is 0 Å². The Balaban J connectivity index is 4.56. The Morgan fingerprint density at radius 2 is 1.39 bits per heavy atom. The zero-order valence-electron chi connectivity index (χ0n) is 12.6. The third kappa shape index (κ3) is 6.58. The summed E-state index contributed by atoms with van der Waals surface area (Å²) in [7, 11) is -2.28. The molecule has 0 N–H and O–H groups in total. The predicted molar refractivity (Wildman–Crippen MR) is 80.0 cm³/mol. The third-order valence-electron chi connectivity index (χ3n) is 3.38. The molecule has 0 aliphatic carbocycles. The molecule has 0 aromatic rings. The number of rotatable bonds is 10. The van der Waals surface area contributed by atoms with Crippen molar-refractivity contribution in [1.29, 1.82) is 0 Å². The molecular weight excluding hydrogens is 245 g/mol. The van der Waals surface area contributed by atoms with Gasteiger partial charge in [-0.05, 0) is 26.7 Å². The summed E-state index contributed by atoms with van der Waals surface area (Å²) in [4.78, 5) is 13.9. The highest BCUT2D eigenvalue weighted by Crippen LogP contribution is 2.47. The summed E-state index contributed by atoms with van der Waals surface area (Å²) < 4.78 is 12.8. The summed E-state index contributed by atoms with van der Waals surface area (Å²) >= 11 is 0. The third-order valence-corrected chi connectivity index (χ3v) is 6.49. The average molecular weight is 275 g/mol. The lowest BCUT2D eigenvalue weighted by Gasteiger charge is -2.23. The van der Waals surface area contributed by atoms with Crippen molar-refractivity contribution in [3.8, 4) is 0 Å². The van der Waals surface area contributed by atoms with Crippen molar-refractivity contribution < 1.29 is 9.36 Å². The Hall–Kier alpha value is -0.300. The van der Waals surface area contributed by atoms with Gasteiger partial charge in [0.2, 0.25) is 5.91 Å². The summed E-state index contributed by atoms with van der Waals surface area (Å²) in [5.74, 6) is 0.0792. The normalized spacial score (nSPS) is 11.6. The highest BCUT2D eigenvalue weighted by Gasteiger charge is 2.26. The fourth-order valence-electron chi connectivity index (χ4n) is 2.09. The molecule has 0 aromatic carbocycles. The predicted octanol–water partition coefficient (Wildman–Crippen LogP) is 3.82. The van der Waals surface area contributed by atoms with Crippen LogP contribution >= 0.6 is 7.14 Å². The molecule has 0 rings (SSSR count). The molecule has 0 unspecified atom stereocenters. The van der Waals surface area contributed by atoms with E-state index in [4.69, 9.17) is 0 Å². The van der Waals surface area contributed by atoms with Crippen LogP contribution in [0.15, 0.2) is 0 Å². The molecule has 0 saturated heterocycles. The molecule has 0 spiro atoms. The summed E-state index contributed by atoms with van der Waals surface area (Å²) in [6, 6.07) is 0. The zero-order valence-corrected chi connectivity index (χ0v) is 13.5. The Morgan fingerprint density at radius 1 is 0.944 bits per heavy atom.